The Bertz CT molecular complexity index is 572. The molecule has 0 heterocycles. The van der Waals surface area contributed by atoms with E-state index in [1.807, 2.05) is 0 Å². The van der Waals surface area contributed by atoms with Crippen LogP contribution in [0.25, 0.3) is 0 Å². The summed E-state index contributed by atoms with van der Waals surface area (Å²) < 4.78 is 13.5. The minimum absolute atomic E-state index is 0.280. The van der Waals surface area contributed by atoms with Crippen LogP contribution >= 0.6 is 15.9 Å². The van der Waals surface area contributed by atoms with Crippen LogP contribution in [-0.2, 0) is 16.0 Å². The number of carbonyl (C=O) groups excluding carboxylic acids is 1. The minimum atomic E-state index is -1.09. The zero-order valence-electron chi connectivity index (χ0n) is 11.7. The smallest absolute Gasteiger partial charge is 0.329 e. The fourth-order valence-corrected chi connectivity index (χ4v) is 2.82. The molecule has 1 aliphatic rings. The average molecular weight is 358 g/mol. The van der Waals surface area contributed by atoms with Gasteiger partial charge in [0.05, 0.1) is 4.47 Å². The molecule has 4 nitrogen and oxygen atoms in total. The molecule has 2 rings (SSSR count). The van der Waals surface area contributed by atoms with Crippen molar-refractivity contribution in [2.45, 2.75) is 38.1 Å². The Morgan fingerprint density at radius 3 is 2.62 bits per heavy atom. The third kappa shape index (κ3) is 3.43. The number of benzene rings is 1. The van der Waals surface area contributed by atoms with E-state index in [0.717, 1.165) is 12.0 Å². The van der Waals surface area contributed by atoms with E-state index in [4.69, 9.17) is 0 Å². The number of aliphatic carboxylic acids is 1. The van der Waals surface area contributed by atoms with Gasteiger partial charge < -0.3 is 10.4 Å². The average Bonchev–Trinajstić information content (AvgIpc) is 2.37. The van der Waals surface area contributed by atoms with Crippen LogP contribution in [-0.4, -0.2) is 22.5 Å². The maximum absolute atomic E-state index is 13.2. The Morgan fingerprint density at radius 2 is 2.14 bits per heavy atom. The van der Waals surface area contributed by atoms with Crippen molar-refractivity contribution in [3.8, 4) is 0 Å². The maximum Gasteiger partial charge on any atom is 0.329 e. The molecule has 21 heavy (non-hydrogen) atoms. The van der Waals surface area contributed by atoms with Gasteiger partial charge >= 0.3 is 5.97 Å². The lowest BCUT2D eigenvalue weighted by molar-refractivity contribution is -0.152. The number of carbonyl (C=O) groups is 2. The molecule has 1 fully saturated rings. The Morgan fingerprint density at radius 1 is 1.48 bits per heavy atom. The first-order valence-corrected chi connectivity index (χ1v) is 7.63. The lowest BCUT2D eigenvalue weighted by Crippen LogP contribution is -2.60. The standard InChI is InChI=1S/C15H17BrFNO3/c1-9(7-10-3-4-12(17)11(16)8-10)13(19)18-15(14(20)21)5-2-6-15/h3-4,8-9H,2,5-7H2,1H3,(H,18,19)(H,20,21). The SMILES string of the molecule is CC(Cc1ccc(F)c(Br)c1)C(=O)NC1(C(=O)O)CCC1. The van der Waals surface area contributed by atoms with Gasteiger partial charge in [0.2, 0.25) is 5.91 Å². The highest BCUT2D eigenvalue weighted by Gasteiger charge is 2.46. The Hall–Kier alpha value is -1.43. The van der Waals surface area contributed by atoms with Crippen molar-refractivity contribution in [3.63, 3.8) is 0 Å². The molecular weight excluding hydrogens is 341 g/mol. The number of amides is 1. The van der Waals surface area contributed by atoms with Gasteiger partial charge in [-0.15, -0.1) is 0 Å². The lowest BCUT2D eigenvalue weighted by atomic mass is 9.76. The molecule has 0 spiro atoms. The van der Waals surface area contributed by atoms with Crippen molar-refractivity contribution in [3.05, 3.63) is 34.1 Å². The van der Waals surface area contributed by atoms with Crippen LogP contribution in [0.3, 0.4) is 0 Å². The highest BCUT2D eigenvalue weighted by atomic mass is 79.9. The molecule has 0 aliphatic heterocycles. The molecule has 1 saturated carbocycles. The van der Waals surface area contributed by atoms with Crippen molar-refractivity contribution in [2.75, 3.05) is 0 Å². The zero-order valence-corrected chi connectivity index (χ0v) is 13.2. The fourth-order valence-electron chi connectivity index (χ4n) is 2.39. The molecule has 1 amide bonds. The van der Waals surface area contributed by atoms with Gasteiger partial charge in [-0.3, -0.25) is 4.79 Å². The van der Waals surface area contributed by atoms with Gasteiger partial charge in [-0.1, -0.05) is 13.0 Å². The van der Waals surface area contributed by atoms with Gasteiger partial charge in [-0.05, 0) is 59.3 Å². The summed E-state index contributed by atoms with van der Waals surface area (Å²) >= 11 is 3.11. The summed E-state index contributed by atoms with van der Waals surface area (Å²) in [6.45, 7) is 1.74. The van der Waals surface area contributed by atoms with E-state index < -0.39 is 11.5 Å². The highest BCUT2D eigenvalue weighted by Crippen LogP contribution is 2.32. The molecule has 1 aromatic rings. The summed E-state index contributed by atoms with van der Waals surface area (Å²) in [4.78, 5) is 23.4. The van der Waals surface area contributed by atoms with Crippen molar-refractivity contribution < 1.29 is 19.1 Å². The van der Waals surface area contributed by atoms with Crippen LogP contribution in [0.2, 0.25) is 0 Å². The molecule has 6 heteroatoms. The molecule has 1 unspecified atom stereocenters. The number of nitrogens with one attached hydrogen (secondary N) is 1. The van der Waals surface area contributed by atoms with Crippen molar-refractivity contribution in [1.82, 2.24) is 5.32 Å². The lowest BCUT2D eigenvalue weighted by Gasteiger charge is -2.38. The number of hydrogen-bond donors (Lipinski definition) is 2. The van der Waals surface area contributed by atoms with Gasteiger partial charge in [0, 0.05) is 5.92 Å². The molecule has 0 radical (unpaired) electrons. The predicted molar refractivity (Wildman–Crippen MR) is 79.3 cm³/mol. The van der Waals surface area contributed by atoms with E-state index in [9.17, 15) is 19.1 Å². The molecule has 1 aliphatic carbocycles. The number of hydrogen-bond acceptors (Lipinski definition) is 2. The Balaban J connectivity index is 1.99. The van der Waals surface area contributed by atoms with Crippen LogP contribution < -0.4 is 5.32 Å². The maximum atomic E-state index is 13.2. The number of rotatable bonds is 5. The van der Waals surface area contributed by atoms with Gasteiger partial charge in [0.15, 0.2) is 0 Å². The van der Waals surface area contributed by atoms with E-state index in [0.29, 0.717) is 23.7 Å². The van der Waals surface area contributed by atoms with Crippen LogP contribution in [0, 0.1) is 11.7 Å². The van der Waals surface area contributed by atoms with Gasteiger partial charge in [0.1, 0.15) is 11.4 Å². The van der Waals surface area contributed by atoms with E-state index >= 15 is 0 Å². The van der Waals surface area contributed by atoms with Crippen LogP contribution in [0.4, 0.5) is 4.39 Å². The third-order valence-corrected chi connectivity index (χ3v) is 4.56. The van der Waals surface area contributed by atoms with Crippen molar-refractivity contribution >= 4 is 27.8 Å². The van der Waals surface area contributed by atoms with Crippen molar-refractivity contribution in [1.29, 1.82) is 0 Å². The summed E-state index contributed by atoms with van der Waals surface area (Å²) in [7, 11) is 0. The largest absolute Gasteiger partial charge is 0.480 e. The minimum Gasteiger partial charge on any atom is -0.480 e. The number of carboxylic acids is 1. The molecule has 1 aromatic carbocycles. The Kier molecular flexibility index (Phi) is 4.66. The first kappa shape index (κ1) is 15.9. The van der Waals surface area contributed by atoms with E-state index in [1.165, 1.54) is 6.07 Å². The topological polar surface area (TPSA) is 66.4 Å². The first-order valence-electron chi connectivity index (χ1n) is 6.83. The van der Waals surface area contributed by atoms with E-state index in [2.05, 4.69) is 21.2 Å². The van der Waals surface area contributed by atoms with Crippen LogP contribution in [0.15, 0.2) is 22.7 Å². The second-order valence-electron chi connectivity index (χ2n) is 5.58. The van der Waals surface area contributed by atoms with E-state index in [1.54, 1.807) is 19.1 Å². The third-order valence-electron chi connectivity index (χ3n) is 3.95. The van der Waals surface area contributed by atoms with Gasteiger partial charge in [-0.2, -0.15) is 0 Å². The van der Waals surface area contributed by atoms with Crippen molar-refractivity contribution in [2.24, 2.45) is 5.92 Å². The zero-order chi connectivity index (χ0) is 15.6. The normalized spacial score (nSPS) is 17.7. The monoisotopic (exact) mass is 357 g/mol. The molecular formula is C15H17BrFNO3. The van der Waals surface area contributed by atoms with Crippen LogP contribution in [0.5, 0.6) is 0 Å². The quantitative estimate of drug-likeness (QED) is 0.851. The Labute approximate surface area is 130 Å². The highest BCUT2D eigenvalue weighted by molar-refractivity contribution is 9.10. The fraction of sp³-hybridized carbons (Fsp3) is 0.467. The number of carboxylic acid groups (broad SMARTS) is 1. The van der Waals surface area contributed by atoms with E-state index in [-0.39, 0.29) is 17.6 Å². The molecule has 0 saturated heterocycles. The summed E-state index contributed by atoms with van der Waals surface area (Å²) in [5.41, 5.74) is -0.266. The molecule has 1 atom stereocenters. The predicted octanol–water partition coefficient (Wildman–Crippen LogP) is 2.89. The van der Waals surface area contributed by atoms with Crippen LogP contribution in [0.1, 0.15) is 31.7 Å². The summed E-state index contributed by atoms with van der Waals surface area (Å²) in [6, 6.07) is 4.60. The molecule has 0 bridgehead atoms. The summed E-state index contributed by atoms with van der Waals surface area (Å²) in [5, 5.41) is 11.9. The summed E-state index contributed by atoms with van der Waals surface area (Å²) in [5.74, 6) is -1.98. The van der Waals surface area contributed by atoms with Gasteiger partial charge in [-0.25, -0.2) is 9.18 Å². The first-order chi connectivity index (χ1) is 9.84. The second kappa shape index (κ2) is 6.13. The van der Waals surface area contributed by atoms with Gasteiger partial charge in [0.25, 0.3) is 0 Å². The second-order valence-corrected chi connectivity index (χ2v) is 6.44. The molecule has 0 aromatic heterocycles. The number of halogens is 2. The summed E-state index contributed by atoms with van der Waals surface area (Å²) in [6.07, 6.45) is 2.19. The molecule has 2 N–H and O–H groups in total. The molecule has 114 valence electrons.